The Hall–Kier alpha value is -3.59. The van der Waals surface area contributed by atoms with Gasteiger partial charge in [0.2, 0.25) is 0 Å². The van der Waals surface area contributed by atoms with E-state index in [-0.39, 0.29) is 5.92 Å². The van der Waals surface area contributed by atoms with Crippen molar-refractivity contribution in [3.63, 3.8) is 0 Å². The highest BCUT2D eigenvalue weighted by Gasteiger charge is 2.38. The molecule has 0 saturated carbocycles. The molecule has 1 atom stereocenters. The van der Waals surface area contributed by atoms with E-state index in [9.17, 15) is 5.11 Å². The van der Waals surface area contributed by atoms with Crippen molar-refractivity contribution in [2.24, 2.45) is 5.92 Å². The summed E-state index contributed by atoms with van der Waals surface area (Å²) in [4.78, 5) is 13.5. The Morgan fingerprint density at radius 1 is 1.03 bits per heavy atom. The molecule has 0 spiro atoms. The third-order valence-corrected chi connectivity index (χ3v) is 5.92. The molecule has 33 heavy (non-hydrogen) atoms. The molecule has 0 aliphatic carbocycles. The monoisotopic (exact) mass is 447 g/mol. The molecule has 3 N–H and O–H groups in total. The number of nitrogens with zero attached hydrogens (tertiary/aromatic N) is 6. The normalized spacial score (nSPS) is 13.9. The Balaban J connectivity index is 1.63. The summed E-state index contributed by atoms with van der Waals surface area (Å²) in [5.41, 5.74) is 7.68. The molecule has 9 nitrogen and oxygen atoms in total. The highest BCUT2D eigenvalue weighted by atomic mass is 16.5. The number of nitrogens with two attached hydrogens (primary N) is 1. The van der Waals surface area contributed by atoms with Crippen LogP contribution in [0.5, 0.6) is 0 Å². The number of anilines is 1. The van der Waals surface area contributed by atoms with Crippen LogP contribution >= 0.6 is 0 Å². The van der Waals surface area contributed by atoms with E-state index in [0.29, 0.717) is 29.6 Å². The van der Waals surface area contributed by atoms with Gasteiger partial charge < -0.3 is 15.4 Å². The first kappa shape index (κ1) is 22.6. The summed E-state index contributed by atoms with van der Waals surface area (Å²) >= 11 is 0. The van der Waals surface area contributed by atoms with Crippen LogP contribution < -0.4 is 5.73 Å². The van der Waals surface area contributed by atoms with Crippen LogP contribution in [0, 0.1) is 5.92 Å². The minimum Gasteiger partial charge on any atom is -0.389 e. The van der Waals surface area contributed by atoms with Crippen molar-refractivity contribution < 1.29 is 9.63 Å². The van der Waals surface area contributed by atoms with Crippen molar-refractivity contribution in [1.29, 1.82) is 0 Å². The molecule has 1 unspecified atom stereocenters. The quantitative estimate of drug-likeness (QED) is 0.439. The summed E-state index contributed by atoms with van der Waals surface area (Å²) in [5.74, 6) is 1.61. The van der Waals surface area contributed by atoms with Crippen molar-refractivity contribution in [2.45, 2.75) is 52.2 Å². The van der Waals surface area contributed by atoms with Gasteiger partial charge in [0.1, 0.15) is 5.82 Å². The lowest BCUT2D eigenvalue weighted by atomic mass is 9.73. The average Bonchev–Trinajstić information content (AvgIpc) is 3.42. The zero-order valence-corrected chi connectivity index (χ0v) is 19.5. The summed E-state index contributed by atoms with van der Waals surface area (Å²) in [6.07, 6.45) is 7.01. The van der Waals surface area contributed by atoms with Crippen molar-refractivity contribution in [3.05, 3.63) is 60.4 Å². The first-order chi connectivity index (χ1) is 15.6. The maximum Gasteiger partial charge on any atom is 0.261 e. The lowest BCUT2D eigenvalue weighted by Gasteiger charge is -2.30. The summed E-state index contributed by atoms with van der Waals surface area (Å²) in [6, 6.07) is 7.66. The molecule has 0 aliphatic heterocycles. The van der Waals surface area contributed by atoms with Gasteiger partial charge in [-0.2, -0.15) is 10.1 Å². The minimum absolute atomic E-state index is 0.173. The zero-order valence-electron chi connectivity index (χ0n) is 19.5. The molecule has 0 saturated heterocycles. The van der Waals surface area contributed by atoms with Crippen LogP contribution in [-0.2, 0) is 12.0 Å². The number of hydrogen-bond acceptors (Lipinski definition) is 8. The second-order valence-electron chi connectivity index (χ2n) is 9.42. The number of rotatable bonds is 7. The van der Waals surface area contributed by atoms with Gasteiger partial charge in [0.25, 0.3) is 5.89 Å². The third-order valence-electron chi connectivity index (χ3n) is 5.92. The molecule has 0 fully saturated rings. The lowest BCUT2D eigenvalue weighted by Crippen LogP contribution is -2.31. The number of aliphatic hydroxyl groups is 1. The van der Waals surface area contributed by atoms with Gasteiger partial charge in [-0.1, -0.05) is 25.1 Å². The van der Waals surface area contributed by atoms with E-state index < -0.39 is 11.0 Å². The highest BCUT2D eigenvalue weighted by Crippen LogP contribution is 2.38. The molecule has 4 heterocycles. The van der Waals surface area contributed by atoms with Gasteiger partial charge in [0.05, 0.1) is 35.0 Å². The Morgan fingerprint density at radius 3 is 2.42 bits per heavy atom. The fourth-order valence-corrected chi connectivity index (χ4v) is 3.66. The SMILES string of the molecule is CC(C)C(C)(c1ccc(-c2ccc(N)nc2)nc1)c1noc(-c2cnn(CC(C)(C)O)c2)n1. The van der Waals surface area contributed by atoms with Crippen LogP contribution in [0.3, 0.4) is 0 Å². The van der Waals surface area contributed by atoms with Crippen LogP contribution in [0.1, 0.15) is 46.0 Å². The third kappa shape index (κ3) is 4.63. The van der Waals surface area contributed by atoms with E-state index in [1.807, 2.05) is 24.4 Å². The maximum atomic E-state index is 10.0. The van der Waals surface area contributed by atoms with E-state index in [2.05, 4.69) is 41.0 Å². The van der Waals surface area contributed by atoms with Gasteiger partial charge in [-0.05, 0) is 50.5 Å². The zero-order chi connectivity index (χ0) is 23.8. The van der Waals surface area contributed by atoms with Crippen molar-refractivity contribution in [2.75, 3.05) is 5.73 Å². The number of pyridine rings is 2. The largest absolute Gasteiger partial charge is 0.389 e. The van der Waals surface area contributed by atoms with Crippen molar-refractivity contribution in [3.8, 4) is 22.7 Å². The van der Waals surface area contributed by atoms with E-state index >= 15 is 0 Å². The molecule has 0 aromatic carbocycles. The molecular weight excluding hydrogens is 418 g/mol. The Labute approximate surface area is 192 Å². The molecule has 0 amide bonds. The fraction of sp³-hybridized carbons (Fsp3) is 0.375. The lowest BCUT2D eigenvalue weighted by molar-refractivity contribution is 0.0577. The summed E-state index contributed by atoms with van der Waals surface area (Å²) in [7, 11) is 0. The maximum absolute atomic E-state index is 10.0. The standard InChI is InChI=1S/C24H29N7O2/c1-15(2)24(5,18-7-8-19(26-12-18)16-6-9-20(25)27-10-16)22-29-21(33-30-22)17-11-28-31(13-17)14-23(3,4)32/h6-13,15,32H,14H2,1-5H3,(H2,25,27). The van der Waals surface area contributed by atoms with Crippen molar-refractivity contribution >= 4 is 5.82 Å². The number of aromatic nitrogens is 6. The second-order valence-corrected chi connectivity index (χ2v) is 9.42. The predicted molar refractivity (Wildman–Crippen MR) is 125 cm³/mol. The van der Waals surface area contributed by atoms with Crippen LogP contribution in [0.2, 0.25) is 0 Å². The van der Waals surface area contributed by atoms with E-state index in [4.69, 9.17) is 15.2 Å². The van der Waals surface area contributed by atoms with Gasteiger partial charge in [-0.3, -0.25) is 9.67 Å². The molecule has 9 heteroatoms. The average molecular weight is 448 g/mol. The molecular formula is C24H29N7O2. The first-order valence-corrected chi connectivity index (χ1v) is 10.8. The molecule has 4 rings (SSSR count). The fourth-order valence-electron chi connectivity index (χ4n) is 3.66. The van der Waals surface area contributed by atoms with Gasteiger partial charge >= 0.3 is 0 Å². The van der Waals surface area contributed by atoms with Gasteiger partial charge in [-0.15, -0.1) is 0 Å². The van der Waals surface area contributed by atoms with Crippen LogP contribution in [0.15, 0.2) is 53.6 Å². The molecule has 0 radical (unpaired) electrons. The van der Waals surface area contributed by atoms with E-state index in [0.717, 1.165) is 16.8 Å². The van der Waals surface area contributed by atoms with Crippen molar-refractivity contribution in [1.82, 2.24) is 29.9 Å². The first-order valence-electron chi connectivity index (χ1n) is 10.8. The Kier molecular flexibility index (Phi) is 5.75. The Morgan fingerprint density at radius 2 is 1.82 bits per heavy atom. The minimum atomic E-state index is -0.874. The predicted octanol–water partition coefficient (Wildman–Crippen LogP) is 3.71. The number of hydrogen-bond donors (Lipinski definition) is 2. The highest BCUT2D eigenvalue weighted by molar-refractivity contribution is 5.59. The molecule has 0 bridgehead atoms. The summed E-state index contributed by atoms with van der Waals surface area (Å²) in [6.45, 7) is 10.2. The molecule has 0 aliphatic rings. The van der Waals surface area contributed by atoms with Crippen LogP contribution in [0.4, 0.5) is 5.82 Å². The van der Waals surface area contributed by atoms with Gasteiger partial charge in [0.15, 0.2) is 5.82 Å². The van der Waals surface area contributed by atoms with E-state index in [1.165, 1.54) is 0 Å². The molecule has 4 aromatic rings. The van der Waals surface area contributed by atoms with Crippen LogP contribution in [-0.4, -0.2) is 40.6 Å². The van der Waals surface area contributed by atoms with Crippen LogP contribution in [0.25, 0.3) is 22.7 Å². The Bertz CT molecular complexity index is 1220. The molecule has 172 valence electrons. The summed E-state index contributed by atoms with van der Waals surface area (Å²) in [5, 5.41) is 18.6. The van der Waals surface area contributed by atoms with E-state index in [1.54, 1.807) is 43.2 Å². The van der Waals surface area contributed by atoms with Gasteiger partial charge in [-0.25, -0.2) is 4.98 Å². The topological polar surface area (TPSA) is 129 Å². The number of nitrogen functional groups attached to an aromatic ring is 1. The molecule has 4 aromatic heterocycles. The summed E-state index contributed by atoms with van der Waals surface area (Å²) < 4.78 is 7.26. The second kappa shape index (κ2) is 8.40. The van der Waals surface area contributed by atoms with Gasteiger partial charge in [0, 0.05) is 24.2 Å². The smallest absolute Gasteiger partial charge is 0.261 e.